The SMILES string of the molecule is CC1CC(S(=O)(=O)C2CCOCC2)C(N)c2ccccc21. The van der Waals surface area contributed by atoms with Crippen LogP contribution >= 0.6 is 0 Å². The molecular weight excluding hydrogens is 286 g/mol. The Bertz CT molecular complexity index is 608. The monoisotopic (exact) mass is 309 g/mol. The number of rotatable bonds is 2. The highest BCUT2D eigenvalue weighted by molar-refractivity contribution is 7.92. The number of hydrogen-bond acceptors (Lipinski definition) is 4. The zero-order valence-electron chi connectivity index (χ0n) is 12.4. The second-order valence-corrected chi connectivity index (χ2v) is 8.68. The van der Waals surface area contributed by atoms with Gasteiger partial charge in [-0.3, -0.25) is 0 Å². The van der Waals surface area contributed by atoms with Gasteiger partial charge in [-0.05, 0) is 36.3 Å². The van der Waals surface area contributed by atoms with Crippen molar-refractivity contribution in [1.29, 1.82) is 0 Å². The quantitative estimate of drug-likeness (QED) is 0.909. The molecular formula is C16H23NO3S. The van der Waals surface area contributed by atoms with Crippen LogP contribution in [-0.2, 0) is 14.6 Å². The molecule has 4 nitrogen and oxygen atoms in total. The van der Waals surface area contributed by atoms with Crippen LogP contribution in [-0.4, -0.2) is 32.1 Å². The van der Waals surface area contributed by atoms with Crippen molar-refractivity contribution in [3.63, 3.8) is 0 Å². The largest absolute Gasteiger partial charge is 0.381 e. The van der Waals surface area contributed by atoms with E-state index in [-0.39, 0.29) is 11.2 Å². The van der Waals surface area contributed by atoms with Crippen LogP contribution in [0, 0.1) is 0 Å². The molecule has 0 bridgehead atoms. The average molecular weight is 309 g/mol. The number of sulfone groups is 1. The van der Waals surface area contributed by atoms with Crippen molar-refractivity contribution in [2.45, 2.75) is 48.6 Å². The predicted molar refractivity (Wildman–Crippen MR) is 83.0 cm³/mol. The minimum atomic E-state index is -3.21. The molecule has 2 aliphatic rings. The Labute approximate surface area is 126 Å². The van der Waals surface area contributed by atoms with Gasteiger partial charge in [-0.15, -0.1) is 0 Å². The summed E-state index contributed by atoms with van der Waals surface area (Å²) in [5, 5.41) is -0.759. The molecule has 1 aromatic rings. The van der Waals surface area contributed by atoms with E-state index in [9.17, 15) is 8.42 Å². The summed E-state index contributed by atoms with van der Waals surface area (Å²) in [6.45, 7) is 3.17. The number of ether oxygens (including phenoxy) is 1. The third-order valence-corrected chi connectivity index (χ3v) is 7.66. The van der Waals surface area contributed by atoms with Gasteiger partial charge in [0.1, 0.15) is 0 Å². The highest BCUT2D eigenvalue weighted by Gasteiger charge is 2.42. The number of hydrogen-bond donors (Lipinski definition) is 1. The first-order valence-corrected chi connectivity index (χ1v) is 9.27. The lowest BCUT2D eigenvalue weighted by Crippen LogP contribution is -2.44. The summed E-state index contributed by atoms with van der Waals surface area (Å²) in [7, 11) is -3.21. The lowest BCUT2D eigenvalue weighted by molar-refractivity contribution is 0.0980. The van der Waals surface area contributed by atoms with E-state index >= 15 is 0 Å². The average Bonchev–Trinajstić information content (AvgIpc) is 2.51. The predicted octanol–water partition coefficient (Wildman–Crippen LogP) is 2.16. The normalized spacial score (nSPS) is 30.9. The van der Waals surface area contributed by atoms with Crippen LogP contribution in [0.15, 0.2) is 24.3 Å². The van der Waals surface area contributed by atoms with E-state index in [1.54, 1.807) is 0 Å². The van der Waals surface area contributed by atoms with Crippen LogP contribution in [0.4, 0.5) is 0 Å². The Hall–Kier alpha value is -0.910. The molecule has 21 heavy (non-hydrogen) atoms. The lowest BCUT2D eigenvalue weighted by atomic mass is 9.81. The van der Waals surface area contributed by atoms with E-state index in [4.69, 9.17) is 10.5 Å². The number of nitrogens with two attached hydrogens (primary N) is 1. The van der Waals surface area contributed by atoms with Gasteiger partial charge in [-0.25, -0.2) is 8.42 Å². The molecule has 5 heteroatoms. The van der Waals surface area contributed by atoms with E-state index in [0.29, 0.717) is 32.5 Å². The van der Waals surface area contributed by atoms with E-state index in [1.165, 1.54) is 5.56 Å². The van der Waals surface area contributed by atoms with Crippen molar-refractivity contribution >= 4 is 9.84 Å². The molecule has 1 aromatic carbocycles. The summed E-state index contributed by atoms with van der Waals surface area (Å²) in [5.74, 6) is 0.237. The van der Waals surface area contributed by atoms with E-state index < -0.39 is 21.1 Å². The van der Waals surface area contributed by atoms with Gasteiger partial charge >= 0.3 is 0 Å². The van der Waals surface area contributed by atoms with Gasteiger partial charge < -0.3 is 10.5 Å². The fourth-order valence-electron chi connectivity index (χ4n) is 3.68. The maximum atomic E-state index is 13.0. The second-order valence-electron chi connectivity index (χ2n) is 6.23. The first kappa shape index (κ1) is 15.0. The van der Waals surface area contributed by atoms with Crippen molar-refractivity contribution in [2.24, 2.45) is 5.73 Å². The van der Waals surface area contributed by atoms with E-state index in [0.717, 1.165) is 5.56 Å². The minimum absolute atomic E-state index is 0.237. The molecule has 1 heterocycles. The molecule has 0 saturated carbocycles. The van der Waals surface area contributed by atoms with Gasteiger partial charge in [0.25, 0.3) is 0 Å². The molecule has 0 spiro atoms. The van der Waals surface area contributed by atoms with Crippen LogP contribution in [0.3, 0.4) is 0 Å². The Balaban J connectivity index is 1.93. The second kappa shape index (κ2) is 5.71. The van der Waals surface area contributed by atoms with Crippen molar-refractivity contribution in [3.05, 3.63) is 35.4 Å². The number of fused-ring (bicyclic) bond motifs is 1. The molecule has 3 rings (SSSR count). The van der Waals surface area contributed by atoms with Crippen molar-refractivity contribution in [3.8, 4) is 0 Å². The van der Waals surface area contributed by atoms with E-state index in [2.05, 4.69) is 13.0 Å². The molecule has 116 valence electrons. The summed E-state index contributed by atoms with van der Waals surface area (Å²) in [4.78, 5) is 0. The molecule has 2 N–H and O–H groups in total. The number of benzene rings is 1. The lowest BCUT2D eigenvalue weighted by Gasteiger charge is -2.37. The standard InChI is InChI=1S/C16H23NO3S/c1-11-10-15(16(17)14-5-3-2-4-13(11)14)21(18,19)12-6-8-20-9-7-12/h2-5,11-12,15-16H,6-10,17H2,1H3. The van der Waals surface area contributed by atoms with Crippen LogP contribution in [0.1, 0.15) is 49.3 Å². The Morgan fingerprint density at radius 3 is 2.43 bits per heavy atom. The summed E-state index contributed by atoms with van der Waals surface area (Å²) in [6.07, 6.45) is 1.82. The first-order valence-electron chi connectivity index (χ1n) is 7.66. The Kier molecular flexibility index (Phi) is 4.08. The highest BCUT2D eigenvalue weighted by Crippen LogP contribution is 2.41. The van der Waals surface area contributed by atoms with Gasteiger partial charge in [-0.1, -0.05) is 31.2 Å². The van der Waals surface area contributed by atoms with Gasteiger partial charge in [0, 0.05) is 19.3 Å². The smallest absolute Gasteiger partial charge is 0.158 e. The van der Waals surface area contributed by atoms with Crippen LogP contribution in [0.2, 0.25) is 0 Å². The fraction of sp³-hybridized carbons (Fsp3) is 0.625. The topological polar surface area (TPSA) is 69.4 Å². The molecule has 0 aromatic heterocycles. The van der Waals surface area contributed by atoms with Crippen molar-refractivity contribution in [1.82, 2.24) is 0 Å². The van der Waals surface area contributed by atoms with Crippen LogP contribution in [0.25, 0.3) is 0 Å². The summed E-state index contributed by atoms with van der Waals surface area (Å²) in [6, 6.07) is 7.56. The third-order valence-electron chi connectivity index (χ3n) is 4.93. The molecule has 3 unspecified atom stereocenters. The van der Waals surface area contributed by atoms with Gasteiger partial charge in [-0.2, -0.15) is 0 Å². The zero-order valence-corrected chi connectivity index (χ0v) is 13.2. The maximum absolute atomic E-state index is 13.0. The van der Waals surface area contributed by atoms with Crippen LogP contribution < -0.4 is 5.73 Å². The molecule has 3 atom stereocenters. The molecule has 1 aliphatic carbocycles. The first-order chi connectivity index (χ1) is 10.0. The Morgan fingerprint density at radius 1 is 1.14 bits per heavy atom. The zero-order chi connectivity index (χ0) is 15.0. The van der Waals surface area contributed by atoms with Gasteiger partial charge in [0.2, 0.25) is 0 Å². The molecule has 0 amide bonds. The van der Waals surface area contributed by atoms with E-state index in [1.807, 2.05) is 18.2 Å². The molecule has 0 radical (unpaired) electrons. The van der Waals surface area contributed by atoms with Crippen molar-refractivity contribution in [2.75, 3.05) is 13.2 Å². The highest BCUT2D eigenvalue weighted by atomic mass is 32.2. The third kappa shape index (κ3) is 2.62. The summed E-state index contributed by atoms with van der Waals surface area (Å²) >= 11 is 0. The Morgan fingerprint density at radius 2 is 1.76 bits per heavy atom. The minimum Gasteiger partial charge on any atom is -0.381 e. The molecule has 1 aliphatic heterocycles. The van der Waals surface area contributed by atoms with Gasteiger partial charge in [0.15, 0.2) is 9.84 Å². The summed E-state index contributed by atoms with van der Waals surface area (Å²) < 4.78 is 31.2. The van der Waals surface area contributed by atoms with Crippen LogP contribution in [0.5, 0.6) is 0 Å². The maximum Gasteiger partial charge on any atom is 0.158 e. The molecule has 1 saturated heterocycles. The molecule has 1 fully saturated rings. The fourth-order valence-corrected chi connectivity index (χ4v) is 6.13. The summed E-state index contributed by atoms with van der Waals surface area (Å²) in [5.41, 5.74) is 8.53. The van der Waals surface area contributed by atoms with Gasteiger partial charge in [0.05, 0.1) is 10.5 Å². The van der Waals surface area contributed by atoms with Crippen molar-refractivity contribution < 1.29 is 13.2 Å².